The van der Waals surface area contributed by atoms with Gasteiger partial charge in [-0.2, -0.15) is 0 Å². The first-order valence-corrected chi connectivity index (χ1v) is 6.27. The molecule has 0 saturated heterocycles. The highest BCUT2D eigenvalue weighted by Crippen LogP contribution is 2.43. The van der Waals surface area contributed by atoms with Gasteiger partial charge in [0.15, 0.2) is 0 Å². The van der Waals surface area contributed by atoms with E-state index < -0.39 is 0 Å². The van der Waals surface area contributed by atoms with E-state index in [1.165, 1.54) is 32.1 Å². The van der Waals surface area contributed by atoms with Crippen LogP contribution in [-0.2, 0) is 0 Å². The third kappa shape index (κ3) is 1.33. The van der Waals surface area contributed by atoms with Crippen molar-refractivity contribution in [1.82, 2.24) is 5.32 Å². The van der Waals surface area contributed by atoms with Gasteiger partial charge in [0.05, 0.1) is 0 Å². The molecule has 78 valence electrons. The number of nitrogens with one attached hydrogen (secondary N) is 1. The summed E-state index contributed by atoms with van der Waals surface area (Å²) in [5.74, 6) is 2.81. The van der Waals surface area contributed by atoms with Crippen LogP contribution >= 0.6 is 0 Å². The molecule has 1 N–H and O–H groups in total. The highest BCUT2D eigenvalue weighted by molar-refractivity contribution is 5.13. The summed E-state index contributed by atoms with van der Waals surface area (Å²) in [4.78, 5) is 0. The Hall–Kier alpha value is -0.300. The van der Waals surface area contributed by atoms with Crippen molar-refractivity contribution in [2.45, 2.75) is 51.1 Å². The van der Waals surface area contributed by atoms with Gasteiger partial charge in [-0.05, 0) is 43.4 Å². The standard InChI is InChI=1S/C13H21N/c1-9-4-2-7-12(9)14-13-8-10-5-3-6-11(10)13/h3,6,9-14H,2,4-5,7-8H2,1H3. The van der Waals surface area contributed by atoms with Crippen molar-refractivity contribution in [3.05, 3.63) is 12.2 Å². The van der Waals surface area contributed by atoms with Gasteiger partial charge in [0.1, 0.15) is 0 Å². The molecule has 5 unspecified atom stereocenters. The summed E-state index contributed by atoms with van der Waals surface area (Å²) in [7, 11) is 0. The van der Waals surface area contributed by atoms with Crippen LogP contribution < -0.4 is 5.32 Å². The zero-order valence-corrected chi connectivity index (χ0v) is 9.08. The second-order valence-electron chi connectivity index (χ2n) is 5.52. The minimum atomic E-state index is 0.823. The Morgan fingerprint density at radius 3 is 2.86 bits per heavy atom. The van der Waals surface area contributed by atoms with Gasteiger partial charge >= 0.3 is 0 Å². The molecular weight excluding hydrogens is 170 g/mol. The van der Waals surface area contributed by atoms with Crippen LogP contribution in [0.15, 0.2) is 12.2 Å². The van der Waals surface area contributed by atoms with E-state index in [4.69, 9.17) is 0 Å². The lowest BCUT2D eigenvalue weighted by Crippen LogP contribution is -2.52. The SMILES string of the molecule is CC1CCCC1NC1CC2CC=CC21. The van der Waals surface area contributed by atoms with E-state index in [9.17, 15) is 0 Å². The molecule has 0 aromatic heterocycles. The summed E-state index contributed by atoms with van der Waals surface area (Å²) >= 11 is 0. The van der Waals surface area contributed by atoms with Crippen molar-refractivity contribution < 1.29 is 0 Å². The lowest BCUT2D eigenvalue weighted by molar-refractivity contribution is 0.143. The average Bonchev–Trinajstić information content (AvgIpc) is 2.69. The summed E-state index contributed by atoms with van der Waals surface area (Å²) in [5.41, 5.74) is 0. The van der Waals surface area contributed by atoms with Gasteiger partial charge in [0.2, 0.25) is 0 Å². The first kappa shape index (κ1) is 8.96. The maximum Gasteiger partial charge on any atom is 0.0138 e. The molecule has 3 aliphatic rings. The Labute approximate surface area is 87.0 Å². The molecule has 0 heterocycles. The van der Waals surface area contributed by atoms with E-state index in [1.807, 2.05) is 0 Å². The molecule has 0 aromatic rings. The molecule has 0 amide bonds. The molecule has 0 aromatic carbocycles. The third-order valence-corrected chi connectivity index (χ3v) is 4.65. The normalized spacial score (nSPS) is 50.5. The largest absolute Gasteiger partial charge is 0.310 e. The smallest absolute Gasteiger partial charge is 0.0138 e. The third-order valence-electron chi connectivity index (χ3n) is 4.65. The number of fused-ring (bicyclic) bond motifs is 1. The highest BCUT2D eigenvalue weighted by atomic mass is 15.0. The van der Waals surface area contributed by atoms with Crippen LogP contribution in [0.5, 0.6) is 0 Å². The Morgan fingerprint density at radius 2 is 2.14 bits per heavy atom. The molecule has 1 heteroatoms. The molecule has 3 rings (SSSR count). The molecule has 1 nitrogen and oxygen atoms in total. The molecule has 0 spiro atoms. The molecule has 2 saturated carbocycles. The fourth-order valence-corrected chi connectivity index (χ4v) is 3.58. The second kappa shape index (κ2) is 3.37. The van der Waals surface area contributed by atoms with Crippen molar-refractivity contribution in [1.29, 1.82) is 0 Å². The van der Waals surface area contributed by atoms with Gasteiger partial charge in [0.25, 0.3) is 0 Å². The van der Waals surface area contributed by atoms with Crippen LogP contribution in [-0.4, -0.2) is 12.1 Å². The van der Waals surface area contributed by atoms with E-state index in [-0.39, 0.29) is 0 Å². The molecule has 14 heavy (non-hydrogen) atoms. The molecule has 0 bridgehead atoms. The first-order valence-electron chi connectivity index (χ1n) is 6.27. The zero-order chi connectivity index (χ0) is 9.54. The number of hydrogen-bond acceptors (Lipinski definition) is 1. The first-order chi connectivity index (χ1) is 6.84. The number of hydrogen-bond donors (Lipinski definition) is 1. The molecule has 2 fully saturated rings. The monoisotopic (exact) mass is 191 g/mol. The maximum absolute atomic E-state index is 3.89. The Bertz CT molecular complexity index is 246. The lowest BCUT2D eigenvalue weighted by atomic mass is 9.71. The van der Waals surface area contributed by atoms with Crippen LogP contribution in [0, 0.1) is 17.8 Å². The van der Waals surface area contributed by atoms with Crippen molar-refractivity contribution in [3.63, 3.8) is 0 Å². The lowest BCUT2D eigenvalue weighted by Gasteiger charge is -2.43. The Balaban J connectivity index is 1.55. The minimum absolute atomic E-state index is 0.823. The number of rotatable bonds is 2. The van der Waals surface area contributed by atoms with Gasteiger partial charge in [-0.1, -0.05) is 25.5 Å². The van der Waals surface area contributed by atoms with E-state index in [0.717, 1.165) is 29.8 Å². The second-order valence-corrected chi connectivity index (χ2v) is 5.52. The fourth-order valence-electron chi connectivity index (χ4n) is 3.58. The topological polar surface area (TPSA) is 12.0 Å². The number of allylic oxidation sites excluding steroid dienone is 1. The van der Waals surface area contributed by atoms with Crippen LogP contribution in [0.3, 0.4) is 0 Å². The fraction of sp³-hybridized carbons (Fsp3) is 0.846. The van der Waals surface area contributed by atoms with Gasteiger partial charge < -0.3 is 5.32 Å². The Morgan fingerprint density at radius 1 is 1.21 bits per heavy atom. The minimum Gasteiger partial charge on any atom is -0.310 e. The predicted molar refractivity (Wildman–Crippen MR) is 59.1 cm³/mol. The molecule has 0 aliphatic heterocycles. The Kier molecular flexibility index (Phi) is 2.16. The molecular formula is C13H21N. The van der Waals surface area contributed by atoms with Gasteiger partial charge in [-0.25, -0.2) is 0 Å². The average molecular weight is 191 g/mol. The summed E-state index contributed by atoms with van der Waals surface area (Å²) < 4.78 is 0. The molecule has 3 aliphatic carbocycles. The van der Waals surface area contributed by atoms with Gasteiger partial charge in [-0.15, -0.1) is 0 Å². The van der Waals surface area contributed by atoms with Crippen molar-refractivity contribution in [3.8, 4) is 0 Å². The van der Waals surface area contributed by atoms with Crippen molar-refractivity contribution in [2.24, 2.45) is 17.8 Å². The van der Waals surface area contributed by atoms with E-state index >= 15 is 0 Å². The van der Waals surface area contributed by atoms with Crippen molar-refractivity contribution in [2.75, 3.05) is 0 Å². The van der Waals surface area contributed by atoms with Crippen LogP contribution in [0.4, 0.5) is 0 Å². The van der Waals surface area contributed by atoms with E-state index in [2.05, 4.69) is 24.4 Å². The summed E-state index contributed by atoms with van der Waals surface area (Å²) in [6.45, 7) is 2.41. The maximum atomic E-state index is 3.89. The summed E-state index contributed by atoms with van der Waals surface area (Å²) in [6.07, 6.45) is 11.9. The van der Waals surface area contributed by atoms with E-state index in [0.29, 0.717) is 0 Å². The van der Waals surface area contributed by atoms with Crippen molar-refractivity contribution >= 4 is 0 Å². The zero-order valence-electron chi connectivity index (χ0n) is 9.08. The van der Waals surface area contributed by atoms with Crippen LogP contribution in [0.1, 0.15) is 39.0 Å². The van der Waals surface area contributed by atoms with E-state index in [1.54, 1.807) is 0 Å². The summed E-state index contributed by atoms with van der Waals surface area (Å²) in [6, 6.07) is 1.65. The highest BCUT2D eigenvalue weighted by Gasteiger charge is 2.42. The van der Waals surface area contributed by atoms with Gasteiger partial charge in [-0.3, -0.25) is 0 Å². The summed E-state index contributed by atoms with van der Waals surface area (Å²) in [5, 5.41) is 3.89. The van der Waals surface area contributed by atoms with Crippen LogP contribution in [0.25, 0.3) is 0 Å². The van der Waals surface area contributed by atoms with Crippen LogP contribution in [0.2, 0.25) is 0 Å². The molecule has 0 radical (unpaired) electrons. The molecule has 5 atom stereocenters. The predicted octanol–water partition coefficient (Wildman–Crippen LogP) is 2.73. The van der Waals surface area contributed by atoms with Gasteiger partial charge in [0, 0.05) is 12.1 Å². The quantitative estimate of drug-likeness (QED) is 0.662.